The Morgan fingerprint density at radius 2 is 1.72 bits per heavy atom. The van der Waals surface area contributed by atoms with Gasteiger partial charge in [-0.15, -0.1) is 0 Å². The van der Waals surface area contributed by atoms with Crippen LogP contribution in [0.1, 0.15) is 25.3 Å². The van der Waals surface area contributed by atoms with Gasteiger partial charge in [0.15, 0.2) is 11.6 Å². The molecule has 11 heteroatoms. The zero-order valence-electron chi connectivity index (χ0n) is 24.7. The summed E-state index contributed by atoms with van der Waals surface area (Å²) in [6.45, 7) is 13.3. The van der Waals surface area contributed by atoms with Gasteiger partial charge in [-0.2, -0.15) is 9.97 Å². The monoisotopic (exact) mass is 554 g/mol. The van der Waals surface area contributed by atoms with Gasteiger partial charge in [0.2, 0.25) is 17.7 Å². The molecule has 212 valence electrons. The number of nitrogens with one attached hydrogen (secondary N) is 1. The number of anilines is 2. The predicted molar refractivity (Wildman–Crippen MR) is 160 cm³/mol. The number of nitrogens with zero attached hydrogens (tertiary/aromatic N) is 5. The average molecular weight is 555 g/mol. The number of carbonyl (C=O) groups excluding carboxylic acids is 1. The molecule has 0 saturated heterocycles. The Bertz CT molecular complexity index is 1210. The largest absolute Gasteiger partial charge is 0.479 e. The van der Waals surface area contributed by atoms with Gasteiger partial charge in [-0.25, -0.2) is 4.99 Å². The molecule has 0 unspecified atom stereocenters. The Morgan fingerprint density at radius 1 is 1.05 bits per heavy atom. The topological polar surface area (TPSA) is 101 Å². The van der Waals surface area contributed by atoms with Crippen LogP contribution in [-0.2, 0) is 4.79 Å². The van der Waals surface area contributed by atoms with Crippen molar-refractivity contribution in [3.05, 3.63) is 35.5 Å². The third-order valence-corrected chi connectivity index (χ3v) is 8.32. The summed E-state index contributed by atoms with van der Waals surface area (Å²) >= 11 is 0. The van der Waals surface area contributed by atoms with Crippen molar-refractivity contribution >= 4 is 36.7 Å². The van der Waals surface area contributed by atoms with Gasteiger partial charge in [-0.3, -0.25) is 4.79 Å². The van der Waals surface area contributed by atoms with Crippen molar-refractivity contribution in [1.82, 2.24) is 14.9 Å². The van der Waals surface area contributed by atoms with Crippen molar-refractivity contribution in [2.24, 2.45) is 4.99 Å². The number of amides is 1. The minimum Gasteiger partial charge on any atom is -0.479 e. The quantitative estimate of drug-likeness (QED) is 0.395. The number of hydrogen-bond acceptors (Lipinski definition) is 9. The molecule has 1 aromatic heterocycles. The van der Waals surface area contributed by atoms with E-state index in [9.17, 15) is 4.79 Å². The summed E-state index contributed by atoms with van der Waals surface area (Å²) in [5.74, 6) is 1.73. The van der Waals surface area contributed by atoms with E-state index in [1.54, 1.807) is 6.08 Å². The first kappa shape index (κ1) is 30.1. The Balaban J connectivity index is 1.80. The van der Waals surface area contributed by atoms with Crippen LogP contribution in [0.2, 0.25) is 19.6 Å². The fraction of sp³-hybridized carbons (Fsp3) is 0.500. The summed E-state index contributed by atoms with van der Waals surface area (Å²) in [6.07, 6.45) is 3.08. The second-order valence-corrected chi connectivity index (χ2v) is 15.9. The normalized spacial score (nSPS) is 13.2. The van der Waals surface area contributed by atoms with Gasteiger partial charge >= 0.3 is 0 Å². The SMILES string of the molecule is CCCN(CCN(C)C)c1nc(OC)c(NC(=O)C2=CCC(Oc3cc([Si](C)(C)C)ccc3C)=N2)c(OC)n1. The molecule has 10 nitrogen and oxygen atoms in total. The number of aliphatic imine (C=N–C) groups is 1. The van der Waals surface area contributed by atoms with E-state index in [4.69, 9.17) is 14.2 Å². The highest BCUT2D eigenvalue weighted by Gasteiger charge is 2.25. The molecular formula is C28H42N6O4Si. The number of benzene rings is 1. The van der Waals surface area contributed by atoms with E-state index in [1.165, 1.54) is 19.4 Å². The highest BCUT2D eigenvalue weighted by atomic mass is 28.3. The molecule has 1 aromatic carbocycles. The molecule has 3 rings (SSSR count). The number of hydrogen-bond donors (Lipinski definition) is 1. The molecule has 39 heavy (non-hydrogen) atoms. The van der Waals surface area contributed by atoms with Crippen LogP contribution in [0, 0.1) is 6.92 Å². The third kappa shape index (κ3) is 7.79. The van der Waals surface area contributed by atoms with E-state index >= 15 is 0 Å². The van der Waals surface area contributed by atoms with Crippen molar-refractivity contribution in [2.75, 3.05) is 58.2 Å². The predicted octanol–water partition coefficient (Wildman–Crippen LogP) is 3.83. The van der Waals surface area contributed by atoms with E-state index in [1.807, 2.05) is 21.0 Å². The fourth-order valence-corrected chi connectivity index (χ4v) is 5.10. The molecule has 0 bridgehead atoms. The molecule has 1 aliphatic heterocycles. The van der Waals surface area contributed by atoms with Gasteiger partial charge in [0.1, 0.15) is 11.4 Å². The number of likely N-dealkylation sites (N-methyl/N-ethyl adjacent to an activating group) is 1. The smallest absolute Gasteiger partial charge is 0.274 e. The van der Waals surface area contributed by atoms with Gasteiger partial charge in [0, 0.05) is 26.1 Å². The summed E-state index contributed by atoms with van der Waals surface area (Å²) in [7, 11) is 5.54. The molecule has 1 N–H and O–H groups in total. The number of rotatable bonds is 12. The second-order valence-electron chi connectivity index (χ2n) is 10.8. The summed E-state index contributed by atoms with van der Waals surface area (Å²) in [6, 6.07) is 6.33. The van der Waals surface area contributed by atoms with Crippen LogP contribution in [0.15, 0.2) is 35.0 Å². The lowest BCUT2D eigenvalue weighted by Crippen LogP contribution is -2.37. The maximum absolute atomic E-state index is 13.2. The van der Waals surface area contributed by atoms with Gasteiger partial charge in [-0.1, -0.05) is 43.9 Å². The van der Waals surface area contributed by atoms with Crippen LogP contribution in [0.3, 0.4) is 0 Å². The number of ether oxygens (including phenoxy) is 3. The number of methoxy groups -OCH3 is 2. The summed E-state index contributed by atoms with van der Waals surface area (Å²) in [5, 5.41) is 4.13. The van der Waals surface area contributed by atoms with E-state index < -0.39 is 14.0 Å². The van der Waals surface area contributed by atoms with Crippen LogP contribution in [-0.4, -0.2) is 82.7 Å². The van der Waals surface area contributed by atoms with Crippen LogP contribution >= 0.6 is 0 Å². The molecule has 0 fully saturated rings. The fourth-order valence-electron chi connectivity index (χ4n) is 3.95. The summed E-state index contributed by atoms with van der Waals surface area (Å²) in [4.78, 5) is 31.0. The Labute approximate surface area is 233 Å². The maximum Gasteiger partial charge on any atom is 0.274 e. The Morgan fingerprint density at radius 3 is 2.28 bits per heavy atom. The lowest BCUT2D eigenvalue weighted by molar-refractivity contribution is -0.112. The van der Waals surface area contributed by atoms with E-state index in [0.717, 1.165) is 37.4 Å². The molecule has 0 atom stereocenters. The molecule has 0 spiro atoms. The zero-order chi connectivity index (χ0) is 28.7. The summed E-state index contributed by atoms with van der Waals surface area (Å²) < 4.78 is 17.2. The van der Waals surface area contributed by atoms with Crippen LogP contribution < -0.4 is 29.6 Å². The zero-order valence-corrected chi connectivity index (χ0v) is 25.7. The van der Waals surface area contributed by atoms with Crippen LogP contribution in [0.4, 0.5) is 11.6 Å². The first-order chi connectivity index (χ1) is 18.5. The summed E-state index contributed by atoms with van der Waals surface area (Å²) in [5.41, 5.74) is 1.52. The van der Waals surface area contributed by atoms with Gasteiger partial charge in [0.25, 0.3) is 5.91 Å². The molecule has 1 aliphatic rings. The Kier molecular flexibility index (Phi) is 10.1. The van der Waals surface area contributed by atoms with Crippen LogP contribution in [0.25, 0.3) is 0 Å². The lowest BCUT2D eigenvalue weighted by Gasteiger charge is -2.25. The minimum absolute atomic E-state index is 0.217. The number of carbonyl (C=O) groups is 1. The average Bonchev–Trinajstić information content (AvgIpc) is 3.35. The molecule has 0 saturated carbocycles. The van der Waals surface area contributed by atoms with Crippen molar-refractivity contribution in [3.63, 3.8) is 0 Å². The van der Waals surface area contributed by atoms with Crippen LogP contribution in [0.5, 0.6) is 17.5 Å². The molecule has 1 amide bonds. The molecular weight excluding hydrogens is 512 g/mol. The third-order valence-electron chi connectivity index (χ3n) is 6.28. The second kappa shape index (κ2) is 13.1. The van der Waals surface area contributed by atoms with Crippen molar-refractivity contribution in [2.45, 2.75) is 46.3 Å². The molecule has 2 aromatic rings. The highest BCUT2D eigenvalue weighted by Crippen LogP contribution is 2.34. The molecule has 0 radical (unpaired) electrons. The van der Waals surface area contributed by atoms with E-state index in [-0.39, 0.29) is 23.1 Å². The Hall–Kier alpha value is -3.44. The van der Waals surface area contributed by atoms with E-state index in [0.29, 0.717) is 18.3 Å². The first-order valence-electron chi connectivity index (χ1n) is 13.2. The molecule has 2 heterocycles. The van der Waals surface area contributed by atoms with Crippen molar-refractivity contribution in [1.29, 1.82) is 0 Å². The maximum atomic E-state index is 13.2. The van der Waals surface area contributed by atoms with Gasteiger partial charge in [-0.05, 0) is 45.1 Å². The van der Waals surface area contributed by atoms with Crippen molar-refractivity contribution < 1.29 is 19.0 Å². The van der Waals surface area contributed by atoms with Gasteiger partial charge < -0.3 is 29.3 Å². The first-order valence-corrected chi connectivity index (χ1v) is 16.7. The lowest BCUT2D eigenvalue weighted by atomic mass is 10.2. The van der Waals surface area contributed by atoms with E-state index in [2.05, 4.69) is 74.8 Å². The minimum atomic E-state index is -1.50. The van der Waals surface area contributed by atoms with Crippen molar-refractivity contribution in [3.8, 4) is 17.5 Å². The standard InChI is InChI=1S/C28H42N6O4Si/c1-10-15-34(17-16-33(3)4)28-31-26(36-5)24(27(32-28)37-6)30-25(35)21-13-14-23(29-21)38-22-18-20(39(7,8)9)12-11-19(22)2/h11-13,18H,10,14-17H2,1-9H3,(H,30,35). The number of aromatic nitrogens is 2. The molecule has 0 aliphatic carbocycles. The highest BCUT2D eigenvalue weighted by molar-refractivity contribution is 6.88. The van der Waals surface area contributed by atoms with Gasteiger partial charge in [0.05, 0.1) is 22.3 Å². The number of aryl methyl sites for hydroxylation is 1.